The number of ether oxygens (including phenoxy) is 1. The van der Waals surface area contributed by atoms with Crippen LogP contribution in [0.1, 0.15) is 19.4 Å². The summed E-state index contributed by atoms with van der Waals surface area (Å²) in [5.74, 6) is 0.668. The van der Waals surface area contributed by atoms with Crippen LogP contribution in [0.5, 0.6) is 5.75 Å². The Morgan fingerprint density at radius 3 is 2.80 bits per heavy atom. The second kappa shape index (κ2) is 5.14. The molecule has 1 aromatic carbocycles. The molecule has 0 aliphatic carbocycles. The van der Waals surface area contributed by atoms with Crippen molar-refractivity contribution in [2.75, 3.05) is 6.61 Å². The van der Waals surface area contributed by atoms with Crippen molar-refractivity contribution in [3.05, 3.63) is 45.6 Å². The van der Waals surface area contributed by atoms with Gasteiger partial charge in [0.15, 0.2) is 0 Å². The Morgan fingerprint density at radius 2 is 2.20 bits per heavy atom. The molecular weight excluding hydrogens is 194 g/mol. The fraction of sp³-hybridized carbons (Fsp3) is 0.273. The monoisotopic (exact) mass is 207 g/mol. The molecule has 15 heavy (non-hydrogen) atoms. The van der Waals surface area contributed by atoms with E-state index in [2.05, 4.69) is 0 Å². The summed E-state index contributed by atoms with van der Waals surface area (Å²) in [7, 11) is 0. The van der Waals surface area contributed by atoms with Crippen LogP contribution in [0.2, 0.25) is 0 Å². The molecule has 4 heteroatoms. The SMILES string of the molecule is CCOc1ccccc1/C=C(/C)[N+](=O)[O-]. The fourth-order valence-corrected chi connectivity index (χ4v) is 1.16. The highest BCUT2D eigenvalue weighted by atomic mass is 16.6. The summed E-state index contributed by atoms with van der Waals surface area (Å²) in [6.45, 7) is 3.88. The minimum absolute atomic E-state index is 0.0992. The van der Waals surface area contributed by atoms with Crippen LogP contribution in [0.15, 0.2) is 30.0 Å². The van der Waals surface area contributed by atoms with Gasteiger partial charge in [0.2, 0.25) is 5.70 Å². The van der Waals surface area contributed by atoms with E-state index in [1.165, 1.54) is 13.0 Å². The van der Waals surface area contributed by atoms with E-state index in [1.807, 2.05) is 19.1 Å². The van der Waals surface area contributed by atoms with Crippen LogP contribution in [0.25, 0.3) is 6.08 Å². The normalized spacial score (nSPS) is 11.2. The number of rotatable bonds is 4. The number of hydrogen-bond donors (Lipinski definition) is 0. The second-order valence-electron chi connectivity index (χ2n) is 3.01. The molecule has 0 saturated carbocycles. The Hall–Kier alpha value is -1.84. The van der Waals surface area contributed by atoms with Gasteiger partial charge in [0, 0.05) is 18.6 Å². The van der Waals surface area contributed by atoms with Crippen molar-refractivity contribution in [1.29, 1.82) is 0 Å². The van der Waals surface area contributed by atoms with Crippen molar-refractivity contribution in [1.82, 2.24) is 0 Å². The van der Waals surface area contributed by atoms with Crippen LogP contribution in [-0.4, -0.2) is 11.5 Å². The van der Waals surface area contributed by atoms with Gasteiger partial charge in [-0.25, -0.2) is 0 Å². The van der Waals surface area contributed by atoms with Crippen LogP contribution in [0.3, 0.4) is 0 Å². The molecule has 1 rings (SSSR count). The molecule has 0 bridgehead atoms. The largest absolute Gasteiger partial charge is 0.493 e. The lowest BCUT2D eigenvalue weighted by molar-refractivity contribution is -0.422. The van der Waals surface area contributed by atoms with Gasteiger partial charge in [-0.2, -0.15) is 0 Å². The lowest BCUT2D eigenvalue weighted by atomic mass is 10.2. The number of nitrogens with zero attached hydrogens (tertiary/aromatic N) is 1. The van der Waals surface area contributed by atoms with E-state index in [9.17, 15) is 10.1 Å². The Balaban J connectivity index is 3.03. The lowest BCUT2D eigenvalue weighted by Gasteiger charge is -2.05. The van der Waals surface area contributed by atoms with Crippen LogP contribution in [0.4, 0.5) is 0 Å². The quantitative estimate of drug-likeness (QED) is 0.563. The average Bonchev–Trinajstić information content (AvgIpc) is 2.21. The molecule has 80 valence electrons. The minimum atomic E-state index is -0.414. The first kappa shape index (κ1) is 11.2. The van der Waals surface area contributed by atoms with Gasteiger partial charge in [-0.3, -0.25) is 10.1 Å². The molecule has 0 unspecified atom stereocenters. The molecule has 0 spiro atoms. The smallest absolute Gasteiger partial charge is 0.243 e. The lowest BCUT2D eigenvalue weighted by Crippen LogP contribution is -1.96. The molecule has 0 aliphatic heterocycles. The fourth-order valence-electron chi connectivity index (χ4n) is 1.16. The third-order valence-corrected chi connectivity index (χ3v) is 1.87. The van der Waals surface area contributed by atoms with Crippen LogP contribution in [-0.2, 0) is 0 Å². The van der Waals surface area contributed by atoms with Crippen LogP contribution < -0.4 is 4.74 Å². The van der Waals surface area contributed by atoms with Gasteiger partial charge in [-0.15, -0.1) is 0 Å². The van der Waals surface area contributed by atoms with Crippen molar-refractivity contribution in [2.45, 2.75) is 13.8 Å². The van der Waals surface area contributed by atoms with Gasteiger partial charge in [0.05, 0.1) is 11.5 Å². The molecular formula is C11H13NO3. The number of benzene rings is 1. The molecule has 0 atom stereocenters. The Morgan fingerprint density at radius 1 is 1.53 bits per heavy atom. The van der Waals surface area contributed by atoms with E-state index in [0.717, 1.165) is 5.56 Å². The molecule has 0 radical (unpaired) electrons. The van der Waals surface area contributed by atoms with Gasteiger partial charge < -0.3 is 4.74 Å². The highest BCUT2D eigenvalue weighted by molar-refractivity contribution is 5.58. The summed E-state index contributed by atoms with van der Waals surface area (Å²) in [5.41, 5.74) is 0.829. The highest BCUT2D eigenvalue weighted by Crippen LogP contribution is 2.20. The Labute approximate surface area is 88.3 Å². The highest BCUT2D eigenvalue weighted by Gasteiger charge is 2.05. The molecule has 0 fully saturated rings. The van der Waals surface area contributed by atoms with E-state index in [-0.39, 0.29) is 5.70 Å². The van der Waals surface area contributed by atoms with E-state index in [4.69, 9.17) is 4.74 Å². The van der Waals surface area contributed by atoms with Gasteiger partial charge in [0.1, 0.15) is 5.75 Å². The first-order valence-corrected chi connectivity index (χ1v) is 4.69. The van der Waals surface area contributed by atoms with E-state index in [1.54, 1.807) is 12.1 Å². The summed E-state index contributed by atoms with van der Waals surface area (Å²) < 4.78 is 5.35. The molecule has 0 aliphatic rings. The zero-order chi connectivity index (χ0) is 11.3. The third kappa shape index (κ3) is 3.09. The van der Waals surface area contributed by atoms with Gasteiger partial charge >= 0.3 is 0 Å². The summed E-state index contributed by atoms with van der Waals surface area (Å²) >= 11 is 0. The van der Waals surface area contributed by atoms with E-state index < -0.39 is 4.92 Å². The molecule has 0 saturated heterocycles. The number of hydrogen-bond acceptors (Lipinski definition) is 3. The maximum Gasteiger partial charge on any atom is 0.243 e. The van der Waals surface area contributed by atoms with Gasteiger partial charge in [-0.05, 0) is 13.0 Å². The van der Waals surface area contributed by atoms with Crippen molar-refractivity contribution in [3.8, 4) is 5.75 Å². The molecule has 0 aromatic heterocycles. The maximum atomic E-state index is 10.5. The van der Waals surface area contributed by atoms with Crippen molar-refractivity contribution < 1.29 is 9.66 Å². The predicted octanol–water partition coefficient (Wildman–Crippen LogP) is 2.72. The second-order valence-corrected chi connectivity index (χ2v) is 3.01. The van der Waals surface area contributed by atoms with Gasteiger partial charge in [0.25, 0.3) is 0 Å². The topological polar surface area (TPSA) is 52.4 Å². The minimum Gasteiger partial charge on any atom is -0.493 e. The summed E-state index contributed by atoms with van der Waals surface area (Å²) in [4.78, 5) is 10.1. The summed E-state index contributed by atoms with van der Waals surface area (Å²) in [6, 6.07) is 7.24. The summed E-state index contributed by atoms with van der Waals surface area (Å²) in [5, 5.41) is 10.5. The zero-order valence-electron chi connectivity index (χ0n) is 8.77. The number of para-hydroxylation sites is 1. The summed E-state index contributed by atoms with van der Waals surface area (Å²) in [6.07, 6.45) is 1.50. The van der Waals surface area contributed by atoms with Crippen LogP contribution >= 0.6 is 0 Å². The number of nitro groups is 1. The Bertz CT molecular complexity index is 385. The van der Waals surface area contributed by atoms with Crippen molar-refractivity contribution in [2.24, 2.45) is 0 Å². The first-order valence-electron chi connectivity index (χ1n) is 4.69. The predicted molar refractivity (Wildman–Crippen MR) is 58.3 cm³/mol. The zero-order valence-corrected chi connectivity index (χ0v) is 8.77. The Kier molecular flexibility index (Phi) is 3.85. The van der Waals surface area contributed by atoms with Gasteiger partial charge in [-0.1, -0.05) is 18.2 Å². The average molecular weight is 207 g/mol. The molecule has 1 aromatic rings. The molecule has 0 heterocycles. The number of allylic oxidation sites excluding steroid dienone is 1. The first-order chi connectivity index (χ1) is 7.15. The van der Waals surface area contributed by atoms with Crippen molar-refractivity contribution in [3.63, 3.8) is 0 Å². The van der Waals surface area contributed by atoms with Crippen LogP contribution in [0, 0.1) is 10.1 Å². The molecule has 0 N–H and O–H groups in total. The van der Waals surface area contributed by atoms with E-state index in [0.29, 0.717) is 12.4 Å². The van der Waals surface area contributed by atoms with Crippen molar-refractivity contribution >= 4 is 6.08 Å². The maximum absolute atomic E-state index is 10.5. The molecule has 4 nitrogen and oxygen atoms in total. The standard InChI is InChI=1S/C11H13NO3/c1-3-15-11-7-5-4-6-10(11)8-9(2)12(13)14/h4-8H,3H2,1-2H3/b9-8-. The molecule has 0 amide bonds. The van der Waals surface area contributed by atoms with E-state index >= 15 is 0 Å². The third-order valence-electron chi connectivity index (χ3n) is 1.87.